The summed E-state index contributed by atoms with van der Waals surface area (Å²) in [6, 6.07) is 5.82. The number of hydrogen-bond acceptors (Lipinski definition) is 3. The number of nitrogens with two attached hydrogens (primary N) is 1. The molecule has 110 valence electrons. The van der Waals surface area contributed by atoms with Crippen LogP contribution in [0.1, 0.15) is 43.0 Å². The Labute approximate surface area is 121 Å². The molecule has 1 fully saturated rings. The van der Waals surface area contributed by atoms with Crippen LogP contribution in [0.3, 0.4) is 0 Å². The fourth-order valence-electron chi connectivity index (χ4n) is 2.93. The Morgan fingerprint density at radius 3 is 2.60 bits per heavy atom. The van der Waals surface area contributed by atoms with Crippen molar-refractivity contribution < 1.29 is 4.79 Å². The number of carbonyl (C=O) groups excluding carboxylic acids is 1. The molecule has 20 heavy (non-hydrogen) atoms. The fourth-order valence-corrected chi connectivity index (χ4v) is 2.93. The van der Waals surface area contributed by atoms with Gasteiger partial charge in [0.2, 0.25) is 0 Å². The van der Waals surface area contributed by atoms with Crippen LogP contribution in [0, 0.1) is 5.92 Å². The molecule has 1 aromatic rings. The summed E-state index contributed by atoms with van der Waals surface area (Å²) in [5, 5.41) is 3.50. The number of rotatable bonds is 4. The smallest absolute Gasteiger partial charge is 0.255 e. The quantitative estimate of drug-likeness (QED) is 0.831. The molecule has 0 heterocycles. The van der Waals surface area contributed by atoms with Crippen LogP contribution in [0.15, 0.2) is 18.2 Å². The third kappa shape index (κ3) is 3.24. The Kier molecular flexibility index (Phi) is 4.53. The lowest BCUT2D eigenvalue weighted by Crippen LogP contribution is -2.27. The van der Waals surface area contributed by atoms with E-state index in [9.17, 15) is 4.79 Å². The SMILES string of the molecule is CC(Nc1cc(N)ccc1C(=O)N(C)C)C1CCCC1. The average Bonchev–Trinajstić information content (AvgIpc) is 2.92. The molecule has 0 bridgehead atoms. The molecule has 1 aliphatic rings. The van der Waals surface area contributed by atoms with Gasteiger partial charge in [-0.1, -0.05) is 12.8 Å². The van der Waals surface area contributed by atoms with Crippen LogP contribution >= 0.6 is 0 Å². The lowest BCUT2D eigenvalue weighted by molar-refractivity contribution is 0.0828. The maximum absolute atomic E-state index is 12.2. The van der Waals surface area contributed by atoms with Gasteiger partial charge in [0, 0.05) is 31.5 Å². The predicted octanol–water partition coefficient (Wildman–Crippen LogP) is 2.96. The largest absolute Gasteiger partial charge is 0.399 e. The first-order valence-corrected chi connectivity index (χ1v) is 7.36. The van der Waals surface area contributed by atoms with Gasteiger partial charge in [-0.15, -0.1) is 0 Å². The number of nitrogen functional groups attached to an aromatic ring is 1. The van der Waals surface area contributed by atoms with E-state index in [4.69, 9.17) is 5.73 Å². The number of nitrogens with one attached hydrogen (secondary N) is 1. The molecule has 0 aliphatic heterocycles. The predicted molar refractivity (Wildman–Crippen MR) is 83.9 cm³/mol. The Morgan fingerprint density at radius 1 is 1.35 bits per heavy atom. The van der Waals surface area contributed by atoms with Crippen LogP contribution in [-0.2, 0) is 0 Å². The molecule has 1 saturated carbocycles. The van der Waals surface area contributed by atoms with Gasteiger partial charge in [0.15, 0.2) is 0 Å². The van der Waals surface area contributed by atoms with Gasteiger partial charge < -0.3 is 16.0 Å². The van der Waals surface area contributed by atoms with E-state index in [1.165, 1.54) is 25.7 Å². The van der Waals surface area contributed by atoms with Crippen molar-refractivity contribution in [3.05, 3.63) is 23.8 Å². The van der Waals surface area contributed by atoms with Gasteiger partial charge in [-0.3, -0.25) is 4.79 Å². The van der Waals surface area contributed by atoms with E-state index in [0.29, 0.717) is 23.2 Å². The van der Waals surface area contributed by atoms with E-state index in [-0.39, 0.29) is 5.91 Å². The average molecular weight is 275 g/mol. The highest BCUT2D eigenvalue weighted by molar-refractivity contribution is 6.00. The van der Waals surface area contributed by atoms with E-state index in [1.54, 1.807) is 31.1 Å². The van der Waals surface area contributed by atoms with Crippen LogP contribution in [0.25, 0.3) is 0 Å². The topological polar surface area (TPSA) is 58.4 Å². The van der Waals surface area contributed by atoms with Crippen LogP contribution in [-0.4, -0.2) is 30.9 Å². The molecule has 2 rings (SSSR count). The van der Waals surface area contributed by atoms with Crippen molar-refractivity contribution in [1.29, 1.82) is 0 Å². The Bertz CT molecular complexity index is 479. The normalized spacial score (nSPS) is 16.9. The summed E-state index contributed by atoms with van der Waals surface area (Å²) in [5.74, 6) is 0.699. The highest BCUT2D eigenvalue weighted by Crippen LogP contribution is 2.30. The van der Waals surface area contributed by atoms with Crippen molar-refractivity contribution in [3.8, 4) is 0 Å². The summed E-state index contributed by atoms with van der Waals surface area (Å²) in [7, 11) is 3.53. The molecule has 3 N–H and O–H groups in total. The molecular weight excluding hydrogens is 250 g/mol. The number of anilines is 2. The maximum atomic E-state index is 12.2. The third-order valence-corrected chi connectivity index (χ3v) is 4.17. The minimum absolute atomic E-state index is 0.00567. The molecule has 1 unspecified atom stereocenters. The second-order valence-electron chi connectivity index (χ2n) is 5.98. The Hall–Kier alpha value is -1.71. The maximum Gasteiger partial charge on any atom is 0.255 e. The van der Waals surface area contributed by atoms with Crippen molar-refractivity contribution in [2.45, 2.75) is 38.6 Å². The number of hydrogen-bond donors (Lipinski definition) is 2. The molecule has 1 aromatic carbocycles. The summed E-state index contributed by atoms with van der Waals surface area (Å²) in [4.78, 5) is 13.8. The van der Waals surface area contributed by atoms with Gasteiger partial charge in [0.05, 0.1) is 5.56 Å². The van der Waals surface area contributed by atoms with Crippen molar-refractivity contribution in [2.24, 2.45) is 5.92 Å². The molecule has 0 aromatic heterocycles. The molecule has 4 heteroatoms. The van der Waals surface area contributed by atoms with E-state index >= 15 is 0 Å². The first-order chi connectivity index (χ1) is 9.49. The molecule has 1 atom stereocenters. The van der Waals surface area contributed by atoms with Crippen LogP contribution in [0.5, 0.6) is 0 Å². The lowest BCUT2D eigenvalue weighted by Gasteiger charge is -2.24. The minimum Gasteiger partial charge on any atom is -0.399 e. The third-order valence-electron chi connectivity index (χ3n) is 4.17. The van der Waals surface area contributed by atoms with E-state index in [1.807, 2.05) is 6.07 Å². The molecule has 1 amide bonds. The van der Waals surface area contributed by atoms with Gasteiger partial charge in [-0.2, -0.15) is 0 Å². The van der Waals surface area contributed by atoms with Crippen molar-refractivity contribution in [2.75, 3.05) is 25.1 Å². The zero-order valence-electron chi connectivity index (χ0n) is 12.6. The summed E-state index contributed by atoms with van der Waals surface area (Å²) < 4.78 is 0. The second kappa shape index (κ2) is 6.16. The number of carbonyl (C=O) groups is 1. The second-order valence-corrected chi connectivity index (χ2v) is 5.98. The van der Waals surface area contributed by atoms with E-state index < -0.39 is 0 Å². The Balaban J connectivity index is 2.20. The summed E-state index contributed by atoms with van der Waals surface area (Å²) in [6.07, 6.45) is 5.18. The molecule has 0 radical (unpaired) electrons. The van der Waals surface area contributed by atoms with Gasteiger partial charge in [-0.05, 0) is 43.9 Å². The molecular formula is C16H25N3O. The lowest BCUT2D eigenvalue weighted by atomic mass is 9.99. The monoisotopic (exact) mass is 275 g/mol. The molecule has 1 aliphatic carbocycles. The van der Waals surface area contributed by atoms with Crippen LogP contribution in [0.4, 0.5) is 11.4 Å². The molecule has 4 nitrogen and oxygen atoms in total. The van der Waals surface area contributed by atoms with E-state index in [2.05, 4.69) is 12.2 Å². The summed E-state index contributed by atoms with van der Waals surface area (Å²) >= 11 is 0. The van der Waals surface area contributed by atoms with Crippen molar-refractivity contribution >= 4 is 17.3 Å². The van der Waals surface area contributed by atoms with E-state index in [0.717, 1.165) is 5.69 Å². The van der Waals surface area contributed by atoms with Crippen molar-refractivity contribution in [1.82, 2.24) is 4.90 Å². The van der Waals surface area contributed by atoms with Crippen LogP contribution < -0.4 is 11.1 Å². The van der Waals surface area contributed by atoms with Gasteiger partial charge in [-0.25, -0.2) is 0 Å². The number of benzene rings is 1. The van der Waals surface area contributed by atoms with Gasteiger partial charge in [0.25, 0.3) is 5.91 Å². The highest BCUT2D eigenvalue weighted by atomic mass is 16.2. The summed E-state index contributed by atoms with van der Waals surface area (Å²) in [5.41, 5.74) is 8.09. The van der Waals surface area contributed by atoms with Crippen LogP contribution in [0.2, 0.25) is 0 Å². The Morgan fingerprint density at radius 2 is 2.00 bits per heavy atom. The zero-order valence-corrected chi connectivity index (χ0v) is 12.6. The molecule has 0 saturated heterocycles. The summed E-state index contributed by atoms with van der Waals surface area (Å²) in [6.45, 7) is 2.20. The minimum atomic E-state index is 0.00567. The highest BCUT2D eigenvalue weighted by Gasteiger charge is 2.23. The molecule has 0 spiro atoms. The van der Waals surface area contributed by atoms with Gasteiger partial charge in [0.1, 0.15) is 0 Å². The van der Waals surface area contributed by atoms with Gasteiger partial charge >= 0.3 is 0 Å². The fraction of sp³-hybridized carbons (Fsp3) is 0.562. The first-order valence-electron chi connectivity index (χ1n) is 7.36. The number of nitrogens with zero attached hydrogens (tertiary/aromatic N) is 1. The number of amides is 1. The zero-order chi connectivity index (χ0) is 14.7. The first kappa shape index (κ1) is 14.7. The standard InChI is InChI=1S/C16H25N3O/c1-11(12-6-4-5-7-12)18-15-10-13(17)8-9-14(15)16(20)19(2)3/h8-12,18H,4-7,17H2,1-3H3. The van der Waals surface area contributed by atoms with Crippen molar-refractivity contribution in [3.63, 3.8) is 0 Å².